The monoisotopic (exact) mass is 443 g/mol. The van der Waals surface area contributed by atoms with E-state index < -0.39 is 17.9 Å². The Hall–Kier alpha value is -2.17. The third-order valence-corrected chi connectivity index (χ3v) is 4.54. The van der Waals surface area contributed by atoms with Gasteiger partial charge >= 0.3 is 5.97 Å². The van der Waals surface area contributed by atoms with Gasteiger partial charge in [-0.2, -0.15) is 0 Å². The quantitative estimate of drug-likeness (QED) is 0.526. The Kier molecular flexibility index (Phi) is 4.69. The Balaban J connectivity index is 1.74. The lowest BCUT2D eigenvalue weighted by Crippen LogP contribution is -2.52. The predicted octanol–water partition coefficient (Wildman–Crippen LogP) is 0.753. The van der Waals surface area contributed by atoms with Crippen molar-refractivity contribution in [2.24, 2.45) is 0 Å². The molecule has 2 heterocycles. The van der Waals surface area contributed by atoms with Gasteiger partial charge < -0.3 is 13.3 Å². The van der Waals surface area contributed by atoms with Crippen LogP contribution >= 0.6 is 23.0 Å². The van der Waals surface area contributed by atoms with Crippen LogP contribution in [0.4, 0.5) is 5.69 Å². The predicted molar refractivity (Wildman–Crippen MR) is 91.1 cm³/mol. The van der Waals surface area contributed by atoms with Crippen LogP contribution in [-0.4, -0.2) is 41.2 Å². The van der Waals surface area contributed by atoms with Crippen molar-refractivity contribution in [2.45, 2.75) is 25.4 Å². The van der Waals surface area contributed by atoms with E-state index in [1.165, 1.54) is 27.9 Å². The number of hydrogen-bond donors (Lipinski definition) is 2. The Morgan fingerprint density at radius 1 is 1.38 bits per heavy atom. The Morgan fingerprint density at radius 2 is 2.17 bits per heavy atom. The van der Waals surface area contributed by atoms with Gasteiger partial charge in [0, 0.05) is 24.2 Å². The lowest BCUT2D eigenvalue weighted by Gasteiger charge is -2.29. The first kappa shape index (κ1) is 16.7. The number of hydrogen-bond acceptors (Lipinski definition) is 6. The van der Waals surface area contributed by atoms with Gasteiger partial charge in [0.2, 0.25) is 11.8 Å². The third kappa shape index (κ3) is 3.21. The van der Waals surface area contributed by atoms with Gasteiger partial charge in [0.25, 0.3) is 5.91 Å². The van der Waals surface area contributed by atoms with Crippen LogP contribution in [0.1, 0.15) is 28.8 Å². The maximum absolute atomic E-state index is 12.6. The summed E-state index contributed by atoms with van der Waals surface area (Å²) in [5, 5.41) is 5.15. The van der Waals surface area contributed by atoms with Crippen LogP contribution in [0.25, 0.3) is 0 Å². The molecule has 3 rings (SSSR count). The molecule has 1 atom stereocenters. The second-order valence-corrected chi connectivity index (χ2v) is 6.01. The van der Waals surface area contributed by atoms with Crippen LogP contribution in [0.3, 0.4) is 0 Å². The molecule has 1 aromatic rings. The molecule has 1 fully saturated rings. The maximum Gasteiger partial charge on any atom is 0.334 e. The van der Waals surface area contributed by atoms with Crippen molar-refractivity contribution in [3.05, 3.63) is 29.3 Å². The summed E-state index contributed by atoms with van der Waals surface area (Å²) in [6.07, 6.45) is 0.554. The number of imide groups is 1. The van der Waals surface area contributed by atoms with Gasteiger partial charge in [-0.3, -0.25) is 19.7 Å². The maximum atomic E-state index is 12.6. The minimum atomic E-state index is -0.631. The average Bonchev–Trinajstić information content (AvgIpc) is 2.89. The molecule has 0 radical (unpaired) electrons. The Bertz CT molecular complexity index is 736. The van der Waals surface area contributed by atoms with Crippen molar-refractivity contribution in [1.82, 2.24) is 10.2 Å². The summed E-state index contributed by atoms with van der Waals surface area (Å²) in [6, 6.07) is 4.58. The topological polar surface area (TPSA) is 105 Å². The number of amides is 3. The SMILES string of the molecule is O=C1CCC(N2Cc3ccc(NCC(=O)OI)cc3C2=O)C(=O)N1. The van der Waals surface area contributed by atoms with E-state index in [2.05, 4.69) is 13.7 Å². The van der Waals surface area contributed by atoms with E-state index in [0.29, 0.717) is 24.2 Å². The van der Waals surface area contributed by atoms with Crippen molar-refractivity contribution < 1.29 is 22.2 Å². The van der Waals surface area contributed by atoms with Crippen molar-refractivity contribution in [2.75, 3.05) is 11.9 Å². The van der Waals surface area contributed by atoms with Gasteiger partial charge in [0.05, 0.1) is 0 Å². The number of rotatable bonds is 4. The number of carbonyl (C=O) groups excluding carboxylic acids is 4. The van der Waals surface area contributed by atoms with Crippen LogP contribution < -0.4 is 10.6 Å². The molecule has 1 saturated heterocycles. The first-order chi connectivity index (χ1) is 11.5. The molecule has 3 amide bonds. The molecule has 9 heteroatoms. The molecule has 0 bridgehead atoms. The number of anilines is 1. The molecule has 0 aromatic heterocycles. The van der Waals surface area contributed by atoms with Crippen molar-refractivity contribution in [3.63, 3.8) is 0 Å². The van der Waals surface area contributed by atoms with E-state index in [1.807, 2.05) is 0 Å². The highest BCUT2D eigenvalue weighted by Crippen LogP contribution is 2.29. The molecule has 24 heavy (non-hydrogen) atoms. The average molecular weight is 443 g/mol. The Labute approximate surface area is 151 Å². The fraction of sp³-hybridized carbons (Fsp3) is 0.333. The number of carbonyl (C=O) groups is 4. The zero-order chi connectivity index (χ0) is 17.3. The molecule has 1 aromatic carbocycles. The van der Waals surface area contributed by atoms with Crippen LogP contribution in [0.15, 0.2) is 18.2 Å². The van der Waals surface area contributed by atoms with Gasteiger partial charge in [0.15, 0.2) is 23.0 Å². The van der Waals surface area contributed by atoms with Crippen molar-refractivity contribution >= 4 is 52.4 Å². The molecule has 126 valence electrons. The number of nitrogens with one attached hydrogen (secondary N) is 2. The van der Waals surface area contributed by atoms with E-state index in [0.717, 1.165) is 5.56 Å². The van der Waals surface area contributed by atoms with Crippen LogP contribution in [-0.2, 0) is 24.0 Å². The lowest BCUT2D eigenvalue weighted by atomic mass is 10.0. The fourth-order valence-corrected chi connectivity index (χ4v) is 3.02. The first-order valence-corrected chi connectivity index (χ1v) is 8.20. The lowest BCUT2D eigenvalue weighted by molar-refractivity contribution is -0.137. The second-order valence-electron chi connectivity index (χ2n) is 5.57. The minimum absolute atomic E-state index is 0.00717. The molecule has 0 spiro atoms. The third-order valence-electron chi connectivity index (χ3n) is 4.05. The number of piperidine rings is 1. The molecule has 0 saturated carbocycles. The number of nitrogens with zero attached hydrogens (tertiary/aromatic N) is 1. The van der Waals surface area contributed by atoms with E-state index >= 15 is 0 Å². The summed E-state index contributed by atoms with van der Waals surface area (Å²) in [7, 11) is 0. The summed E-state index contributed by atoms with van der Waals surface area (Å²) in [6.45, 7) is 0.323. The summed E-state index contributed by atoms with van der Waals surface area (Å²) in [5.41, 5.74) is 1.92. The van der Waals surface area contributed by atoms with Gasteiger partial charge in [0.1, 0.15) is 12.6 Å². The summed E-state index contributed by atoms with van der Waals surface area (Å²) in [4.78, 5) is 48.5. The van der Waals surface area contributed by atoms with Crippen molar-refractivity contribution in [3.8, 4) is 0 Å². The van der Waals surface area contributed by atoms with Crippen LogP contribution in [0.2, 0.25) is 0 Å². The molecule has 2 N–H and O–H groups in total. The summed E-state index contributed by atoms with van der Waals surface area (Å²) >= 11 is 1.51. The smallest absolute Gasteiger partial charge is 0.334 e. The normalized spacial score (nSPS) is 19.8. The zero-order valence-corrected chi connectivity index (χ0v) is 14.7. The van der Waals surface area contributed by atoms with E-state index in [1.54, 1.807) is 18.2 Å². The first-order valence-electron chi connectivity index (χ1n) is 7.32. The van der Waals surface area contributed by atoms with Crippen LogP contribution in [0, 0.1) is 0 Å². The highest BCUT2D eigenvalue weighted by Gasteiger charge is 2.39. The molecular formula is C15H14IN3O5. The highest BCUT2D eigenvalue weighted by atomic mass is 127. The highest BCUT2D eigenvalue weighted by molar-refractivity contribution is 14.1. The van der Waals surface area contributed by atoms with Gasteiger partial charge in [-0.15, -0.1) is 0 Å². The largest absolute Gasteiger partial charge is 0.393 e. The molecule has 8 nitrogen and oxygen atoms in total. The molecule has 2 aliphatic heterocycles. The second kappa shape index (κ2) is 6.75. The minimum Gasteiger partial charge on any atom is -0.393 e. The summed E-state index contributed by atoms with van der Waals surface area (Å²) < 4.78 is 4.52. The zero-order valence-electron chi connectivity index (χ0n) is 12.5. The van der Waals surface area contributed by atoms with Gasteiger partial charge in [-0.05, 0) is 24.1 Å². The number of fused-ring (bicyclic) bond motifs is 1. The van der Waals surface area contributed by atoms with E-state index in [-0.39, 0.29) is 24.8 Å². The fourth-order valence-electron chi connectivity index (χ4n) is 2.87. The molecule has 2 aliphatic rings. The van der Waals surface area contributed by atoms with Gasteiger partial charge in [-0.25, -0.2) is 4.79 Å². The number of halogens is 1. The van der Waals surface area contributed by atoms with Crippen LogP contribution in [0.5, 0.6) is 0 Å². The number of benzene rings is 1. The molecular weight excluding hydrogens is 429 g/mol. The molecule has 1 unspecified atom stereocenters. The Morgan fingerprint density at radius 3 is 2.88 bits per heavy atom. The van der Waals surface area contributed by atoms with Crippen molar-refractivity contribution in [1.29, 1.82) is 0 Å². The van der Waals surface area contributed by atoms with E-state index in [9.17, 15) is 19.2 Å². The standard InChI is InChI=1S/C15H14IN3O5/c16-24-13(21)6-17-9-2-1-8-7-19(15(23)10(8)5-9)11-3-4-12(20)18-14(11)22/h1-2,5,11,17H,3-4,6-7H2,(H,18,20,22). The van der Waals surface area contributed by atoms with Gasteiger partial charge in [-0.1, -0.05) is 6.07 Å². The molecule has 0 aliphatic carbocycles. The van der Waals surface area contributed by atoms with E-state index in [4.69, 9.17) is 0 Å². The summed E-state index contributed by atoms with van der Waals surface area (Å²) in [5.74, 6) is -1.42.